The molecule has 94 valence electrons. The summed E-state index contributed by atoms with van der Waals surface area (Å²) in [5, 5.41) is 3.52. The van der Waals surface area contributed by atoms with Crippen LogP contribution in [0, 0.1) is 5.92 Å². The summed E-state index contributed by atoms with van der Waals surface area (Å²) < 4.78 is 5.76. The zero-order valence-electron chi connectivity index (χ0n) is 10.7. The molecular weight excluding hydrogens is 200 g/mol. The SMILES string of the molecule is CCC(C)C1CNCCN1CC1CCCO1. The van der Waals surface area contributed by atoms with Gasteiger partial charge in [-0.05, 0) is 18.8 Å². The number of hydrogen-bond acceptors (Lipinski definition) is 3. The minimum atomic E-state index is 0.504. The number of hydrogen-bond donors (Lipinski definition) is 1. The van der Waals surface area contributed by atoms with Crippen molar-refractivity contribution in [2.24, 2.45) is 5.92 Å². The van der Waals surface area contributed by atoms with Crippen LogP contribution in [-0.4, -0.2) is 49.8 Å². The fourth-order valence-corrected chi connectivity index (χ4v) is 2.88. The van der Waals surface area contributed by atoms with Crippen molar-refractivity contribution < 1.29 is 4.74 Å². The molecule has 0 aliphatic carbocycles. The molecule has 0 aromatic heterocycles. The van der Waals surface area contributed by atoms with Gasteiger partial charge in [0.25, 0.3) is 0 Å². The van der Waals surface area contributed by atoms with Crippen LogP contribution in [0.15, 0.2) is 0 Å². The lowest BCUT2D eigenvalue weighted by atomic mass is 9.95. The van der Waals surface area contributed by atoms with E-state index in [1.807, 2.05) is 0 Å². The second-order valence-electron chi connectivity index (χ2n) is 5.29. The molecule has 0 radical (unpaired) electrons. The second kappa shape index (κ2) is 5.99. The van der Waals surface area contributed by atoms with E-state index in [-0.39, 0.29) is 0 Å². The highest BCUT2D eigenvalue weighted by atomic mass is 16.5. The minimum Gasteiger partial charge on any atom is -0.377 e. The number of nitrogens with zero attached hydrogens (tertiary/aromatic N) is 1. The third-order valence-corrected chi connectivity index (χ3v) is 4.16. The lowest BCUT2D eigenvalue weighted by molar-refractivity contribution is 0.0347. The maximum atomic E-state index is 5.76. The van der Waals surface area contributed by atoms with Crippen LogP contribution >= 0.6 is 0 Å². The van der Waals surface area contributed by atoms with Gasteiger partial charge in [0.15, 0.2) is 0 Å². The van der Waals surface area contributed by atoms with Gasteiger partial charge >= 0.3 is 0 Å². The number of nitrogens with one attached hydrogen (secondary N) is 1. The average Bonchev–Trinajstić information content (AvgIpc) is 2.82. The first-order valence-electron chi connectivity index (χ1n) is 6.87. The van der Waals surface area contributed by atoms with Crippen molar-refractivity contribution in [3.63, 3.8) is 0 Å². The monoisotopic (exact) mass is 226 g/mol. The summed E-state index contributed by atoms with van der Waals surface area (Å²) in [6.45, 7) is 10.3. The molecule has 3 heteroatoms. The minimum absolute atomic E-state index is 0.504. The third-order valence-electron chi connectivity index (χ3n) is 4.16. The molecule has 0 spiro atoms. The van der Waals surface area contributed by atoms with Crippen molar-refractivity contribution >= 4 is 0 Å². The van der Waals surface area contributed by atoms with Crippen LogP contribution in [0.5, 0.6) is 0 Å². The quantitative estimate of drug-likeness (QED) is 0.786. The van der Waals surface area contributed by atoms with Crippen molar-refractivity contribution in [3.05, 3.63) is 0 Å². The lowest BCUT2D eigenvalue weighted by Crippen LogP contribution is -2.55. The fraction of sp³-hybridized carbons (Fsp3) is 1.00. The Morgan fingerprint density at radius 2 is 2.38 bits per heavy atom. The average molecular weight is 226 g/mol. The molecule has 2 aliphatic rings. The van der Waals surface area contributed by atoms with Crippen molar-refractivity contribution in [2.75, 3.05) is 32.8 Å². The zero-order chi connectivity index (χ0) is 11.4. The van der Waals surface area contributed by atoms with Crippen LogP contribution < -0.4 is 5.32 Å². The standard InChI is InChI=1S/C13H26N2O/c1-3-11(2)13-9-14-6-7-15(13)10-12-5-4-8-16-12/h11-14H,3-10H2,1-2H3. The molecule has 2 fully saturated rings. The molecule has 0 amide bonds. The van der Waals surface area contributed by atoms with Gasteiger partial charge < -0.3 is 10.1 Å². The molecule has 0 bridgehead atoms. The molecule has 0 aromatic rings. The van der Waals surface area contributed by atoms with Gasteiger partial charge in [0.1, 0.15) is 0 Å². The predicted octanol–water partition coefficient (Wildman–Crippen LogP) is 1.49. The van der Waals surface area contributed by atoms with E-state index in [9.17, 15) is 0 Å². The van der Waals surface area contributed by atoms with Gasteiger partial charge in [-0.25, -0.2) is 0 Å². The number of rotatable bonds is 4. The van der Waals surface area contributed by atoms with E-state index in [1.165, 1.54) is 25.8 Å². The van der Waals surface area contributed by atoms with E-state index in [0.29, 0.717) is 12.1 Å². The maximum Gasteiger partial charge on any atom is 0.0702 e. The fourth-order valence-electron chi connectivity index (χ4n) is 2.88. The molecule has 0 aromatic carbocycles. The van der Waals surface area contributed by atoms with Gasteiger partial charge in [-0.2, -0.15) is 0 Å². The predicted molar refractivity (Wildman–Crippen MR) is 66.7 cm³/mol. The lowest BCUT2D eigenvalue weighted by Gasteiger charge is -2.40. The first kappa shape index (κ1) is 12.3. The van der Waals surface area contributed by atoms with Crippen LogP contribution in [0.2, 0.25) is 0 Å². The van der Waals surface area contributed by atoms with E-state index >= 15 is 0 Å². The van der Waals surface area contributed by atoms with Crippen molar-refractivity contribution in [1.82, 2.24) is 10.2 Å². The molecule has 1 N–H and O–H groups in total. The molecule has 2 aliphatic heterocycles. The Labute approximate surface area is 99.5 Å². The van der Waals surface area contributed by atoms with Crippen molar-refractivity contribution in [2.45, 2.75) is 45.3 Å². The van der Waals surface area contributed by atoms with Crippen molar-refractivity contribution in [1.29, 1.82) is 0 Å². The molecule has 16 heavy (non-hydrogen) atoms. The van der Waals surface area contributed by atoms with E-state index in [2.05, 4.69) is 24.1 Å². The summed E-state index contributed by atoms with van der Waals surface area (Å²) in [5.74, 6) is 0.786. The third kappa shape index (κ3) is 2.96. The summed E-state index contributed by atoms with van der Waals surface area (Å²) in [4.78, 5) is 2.65. The number of ether oxygens (including phenoxy) is 1. The highest BCUT2D eigenvalue weighted by Gasteiger charge is 2.29. The Balaban J connectivity index is 1.87. The first-order chi connectivity index (χ1) is 7.81. The van der Waals surface area contributed by atoms with Gasteiger partial charge in [-0.15, -0.1) is 0 Å². The molecule has 3 nitrogen and oxygen atoms in total. The van der Waals surface area contributed by atoms with E-state index in [0.717, 1.165) is 32.2 Å². The van der Waals surface area contributed by atoms with Crippen LogP contribution in [0.4, 0.5) is 0 Å². The van der Waals surface area contributed by atoms with Gasteiger partial charge in [0.05, 0.1) is 6.10 Å². The molecule has 3 unspecified atom stereocenters. The van der Waals surface area contributed by atoms with Gasteiger partial charge in [-0.3, -0.25) is 4.90 Å². The summed E-state index contributed by atoms with van der Waals surface area (Å²) in [6, 6.07) is 0.711. The summed E-state index contributed by atoms with van der Waals surface area (Å²) >= 11 is 0. The molecule has 2 rings (SSSR count). The van der Waals surface area contributed by atoms with Gasteiger partial charge in [0, 0.05) is 38.8 Å². The Bertz CT molecular complexity index is 204. The first-order valence-corrected chi connectivity index (χ1v) is 6.87. The second-order valence-corrected chi connectivity index (χ2v) is 5.29. The van der Waals surface area contributed by atoms with Crippen LogP contribution in [0.3, 0.4) is 0 Å². The van der Waals surface area contributed by atoms with E-state index in [1.54, 1.807) is 0 Å². The van der Waals surface area contributed by atoms with Crippen LogP contribution in [-0.2, 0) is 4.74 Å². The zero-order valence-corrected chi connectivity index (χ0v) is 10.7. The normalized spacial score (nSPS) is 34.1. The van der Waals surface area contributed by atoms with E-state index < -0.39 is 0 Å². The highest BCUT2D eigenvalue weighted by Crippen LogP contribution is 2.20. The van der Waals surface area contributed by atoms with Gasteiger partial charge in [-0.1, -0.05) is 20.3 Å². The Kier molecular flexibility index (Phi) is 4.62. The smallest absolute Gasteiger partial charge is 0.0702 e. The van der Waals surface area contributed by atoms with Crippen LogP contribution in [0.25, 0.3) is 0 Å². The molecule has 0 saturated carbocycles. The van der Waals surface area contributed by atoms with E-state index in [4.69, 9.17) is 4.74 Å². The largest absolute Gasteiger partial charge is 0.377 e. The molecule has 2 saturated heterocycles. The Morgan fingerprint density at radius 3 is 3.06 bits per heavy atom. The van der Waals surface area contributed by atoms with Crippen molar-refractivity contribution in [3.8, 4) is 0 Å². The molecule has 3 atom stereocenters. The highest BCUT2D eigenvalue weighted by molar-refractivity contribution is 4.85. The summed E-state index contributed by atoms with van der Waals surface area (Å²) in [5.41, 5.74) is 0. The summed E-state index contributed by atoms with van der Waals surface area (Å²) in [7, 11) is 0. The number of piperazine rings is 1. The van der Waals surface area contributed by atoms with Gasteiger partial charge in [0.2, 0.25) is 0 Å². The summed E-state index contributed by atoms with van der Waals surface area (Å²) in [6.07, 6.45) is 4.29. The maximum absolute atomic E-state index is 5.76. The van der Waals surface area contributed by atoms with Crippen LogP contribution in [0.1, 0.15) is 33.1 Å². The molecule has 2 heterocycles. The molecular formula is C13H26N2O. The Hall–Kier alpha value is -0.120. The Morgan fingerprint density at radius 1 is 1.50 bits per heavy atom. The topological polar surface area (TPSA) is 24.5 Å².